The highest BCUT2D eigenvalue weighted by molar-refractivity contribution is 5.92. The van der Waals surface area contributed by atoms with E-state index in [0.717, 1.165) is 11.3 Å². The maximum absolute atomic E-state index is 13.1. The van der Waals surface area contributed by atoms with Crippen molar-refractivity contribution >= 4 is 5.97 Å². The lowest BCUT2D eigenvalue weighted by atomic mass is 9.98. The van der Waals surface area contributed by atoms with Crippen molar-refractivity contribution in [3.05, 3.63) is 71.3 Å². The summed E-state index contributed by atoms with van der Waals surface area (Å²) in [5, 5.41) is 3.81. The fraction of sp³-hybridized carbons (Fsp3) is 0.188. The van der Waals surface area contributed by atoms with E-state index in [0.29, 0.717) is 5.57 Å². The quantitative estimate of drug-likeness (QED) is 0.782. The molecule has 2 aliphatic rings. The van der Waals surface area contributed by atoms with Crippen molar-refractivity contribution in [2.45, 2.75) is 6.04 Å². The maximum atomic E-state index is 13.1. The third-order valence-electron chi connectivity index (χ3n) is 3.69. The van der Waals surface area contributed by atoms with E-state index in [4.69, 9.17) is 4.74 Å². The number of fused-ring (bicyclic) bond motifs is 1. The van der Waals surface area contributed by atoms with Crippen LogP contribution in [-0.2, 0) is 9.53 Å². The number of rotatable bonds is 2. The number of allylic oxidation sites excluding steroid dienone is 3. The number of hydrogen-bond acceptors (Lipinski definition) is 4. The van der Waals surface area contributed by atoms with Gasteiger partial charge in [-0.15, -0.1) is 0 Å². The molecule has 1 atom stereocenters. The van der Waals surface area contributed by atoms with Gasteiger partial charge in [0.25, 0.3) is 0 Å². The summed E-state index contributed by atoms with van der Waals surface area (Å²) >= 11 is 0. The second-order valence-electron chi connectivity index (χ2n) is 4.86. The van der Waals surface area contributed by atoms with E-state index >= 15 is 0 Å². The number of carbonyl (C=O) groups excluding carboxylic acids is 1. The monoisotopic (exact) mass is 286 g/mol. The summed E-state index contributed by atoms with van der Waals surface area (Å²) < 4.78 is 18.1. The smallest absolute Gasteiger partial charge is 0.337 e. The lowest BCUT2D eigenvalue weighted by Crippen LogP contribution is -2.32. The van der Waals surface area contributed by atoms with Gasteiger partial charge >= 0.3 is 5.97 Å². The molecule has 0 spiro atoms. The number of benzene rings is 1. The lowest BCUT2D eigenvalue weighted by Gasteiger charge is -2.30. The Morgan fingerprint density at radius 1 is 1.24 bits per heavy atom. The molecule has 21 heavy (non-hydrogen) atoms. The standard InChI is InChI=1S/C16H15FN2O2/c1-18-15(11-6-8-12(17)9-7-11)14(16(20)21-2)13-5-3-4-10-19(13)18/h3-10,15H,1-2H3. The second kappa shape index (κ2) is 5.18. The van der Waals surface area contributed by atoms with E-state index in [1.807, 2.05) is 41.5 Å². The summed E-state index contributed by atoms with van der Waals surface area (Å²) in [5.74, 6) is -0.683. The Kier molecular flexibility index (Phi) is 3.35. The molecular weight excluding hydrogens is 271 g/mol. The van der Waals surface area contributed by atoms with Gasteiger partial charge in [-0.2, -0.15) is 0 Å². The van der Waals surface area contributed by atoms with Crippen LogP contribution in [0.3, 0.4) is 0 Å². The first-order valence-corrected chi connectivity index (χ1v) is 6.58. The van der Waals surface area contributed by atoms with Crippen LogP contribution >= 0.6 is 0 Å². The number of carbonyl (C=O) groups is 1. The van der Waals surface area contributed by atoms with Crippen LogP contribution in [0, 0.1) is 5.82 Å². The van der Waals surface area contributed by atoms with Gasteiger partial charge in [0, 0.05) is 13.2 Å². The highest BCUT2D eigenvalue weighted by Gasteiger charge is 2.40. The van der Waals surface area contributed by atoms with Crippen LogP contribution in [0.1, 0.15) is 11.6 Å². The minimum absolute atomic E-state index is 0.302. The van der Waals surface area contributed by atoms with Crippen LogP contribution in [0.5, 0.6) is 0 Å². The molecule has 2 aliphatic heterocycles. The largest absolute Gasteiger partial charge is 0.466 e. The SMILES string of the molecule is COC(=O)C1=C2C=CC=CN2N(C)C1c1ccc(F)cc1. The number of nitrogens with zero attached hydrogens (tertiary/aromatic N) is 2. The van der Waals surface area contributed by atoms with E-state index in [2.05, 4.69) is 0 Å². The minimum Gasteiger partial charge on any atom is -0.466 e. The predicted molar refractivity (Wildman–Crippen MR) is 76.1 cm³/mol. The molecule has 108 valence electrons. The molecule has 4 nitrogen and oxygen atoms in total. The summed E-state index contributed by atoms with van der Waals surface area (Å²) in [4.78, 5) is 12.2. The van der Waals surface area contributed by atoms with Crippen molar-refractivity contribution in [3.8, 4) is 0 Å². The van der Waals surface area contributed by atoms with Gasteiger partial charge in [-0.25, -0.2) is 14.2 Å². The predicted octanol–water partition coefficient (Wildman–Crippen LogP) is 2.54. The molecule has 2 heterocycles. The van der Waals surface area contributed by atoms with Crippen molar-refractivity contribution in [2.24, 2.45) is 0 Å². The first kappa shape index (κ1) is 13.6. The Labute approximate surface area is 122 Å². The van der Waals surface area contributed by atoms with Gasteiger partial charge in [0.1, 0.15) is 5.82 Å². The van der Waals surface area contributed by atoms with E-state index in [1.165, 1.54) is 19.2 Å². The molecule has 0 amide bonds. The molecule has 3 rings (SSSR count). The van der Waals surface area contributed by atoms with Gasteiger partial charge in [-0.05, 0) is 29.8 Å². The highest BCUT2D eigenvalue weighted by Crippen LogP contribution is 2.41. The normalized spacial score (nSPS) is 20.9. The molecular formula is C16H15FN2O2. The Balaban J connectivity index is 2.12. The Morgan fingerprint density at radius 3 is 2.62 bits per heavy atom. The van der Waals surface area contributed by atoms with E-state index in [9.17, 15) is 9.18 Å². The van der Waals surface area contributed by atoms with Gasteiger partial charge in [-0.3, -0.25) is 5.01 Å². The van der Waals surface area contributed by atoms with E-state index in [-0.39, 0.29) is 17.8 Å². The molecule has 0 N–H and O–H groups in total. The summed E-state index contributed by atoms with van der Waals surface area (Å²) in [5.41, 5.74) is 2.16. The molecule has 0 aromatic heterocycles. The molecule has 1 aromatic rings. The Hall–Kier alpha value is -2.40. The molecule has 0 radical (unpaired) electrons. The van der Waals surface area contributed by atoms with Gasteiger partial charge in [0.05, 0.1) is 24.4 Å². The summed E-state index contributed by atoms with van der Waals surface area (Å²) in [6.07, 6.45) is 7.51. The summed E-state index contributed by atoms with van der Waals surface area (Å²) in [6.45, 7) is 0. The van der Waals surface area contributed by atoms with Crippen LogP contribution < -0.4 is 0 Å². The maximum Gasteiger partial charge on any atom is 0.337 e. The number of esters is 1. The second-order valence-corrected chi connectivity index (χ2v) is 4.86. The van der Waals surface area contributed by atoms with Crippen LogP contribution in [0.15, 0.2) is 60.0 Å². The first-order valence-electron chi connectivity index (χ1n) is 6.58. The third-order valence-corrected chi connectivity index (χ3v) is 3.69. The molecule has 0 aliphatic carbocycles. The fourth-order valence-electron chi connectivity index (χ4n) is 2.73. The minimum atomic E-state index is -0.381. The average Bonchev–Trinajstić information content (AvgIpc) is 2.81. The fourth-order valence-corrected chi connectivity index (χ4v) is 2.73. The Bertz CT molecular complexity index is 661. The number of hydrogen-bond donors (Lipinski definition) is 0. The van der Waals surface area contributed by atoms with Crippen molar-refractivity contribution in [1.82, 2.24) is 10.0 Å². The van der Waals surface area contributed by atoms with Gasteiger partial charge in [0.2, 0.25) is 0 Å². The first-order chi connectivity index (χ1) is 10.1. The zero-order chi connectivity index (χ0) is 15.0. The number of likely N-dealkylation sites (N-methyl/N-ethyl adjacent to an activating group) is 1. The summed E-state index contributed by atoms with van der Waals surface area (Å²) in [6, 6.07) is 5.86. The van der Waals surface area contributed by atoms with Crippen LogP contribution in [0.4, 0.5) is 4.39 Å². The lowest BCUT2D eigenvalue weighted by molar-refractivity contribution is -0.136. The van der Waals surface area contributed by atoms with Crippen LogP contribution in [-0.4, -0.2) is 30.1 Å². The molecule has 0 saturated carbocycles. The zero-order valence-electron chi connectivity index (χ0n) is 11.8. The van der Waals surface area contributed by atoms with Gasteiger partial charge in [-0.1, -0.05) is 18.2 Å². The molecule has 0 saturated heterocycles. The molecule has 0 fully saturated rings. The third kappa shape index (κ3) is 2.15. The number of methoxy groups -OCH3 is 1. The van der Waals surface area contributed by atoms with Crippen LogP contribution in [0.2, 0.25) is 0 Å². The molecule has 1 unspecified atom stereocenters. The Morgan fingerprint density at radius 2 is 1.95 bits per heavy atom. The summed E-state index contributed by atoms with van der Waals surface area (Å²) in [7, 11) is 3.25. The average molecular weight is 286 g/mol. The van der Waals surface area contributed by atoms with Crippen molar-refractivity contribution in [1.29, 1.82) is 0 Å². The number of ether oxygens (including phenoxy) is 1. The van der Waals surface area contributed by atoms with E-state index in [1.54, 1.807) is 12.1 Å². The zero-order valence-corrected chi connectivity index (χ0v) is 11.8. The van der Waals surface area contributed by atoms with Crippen molar-refractivity contribution in [3.63, 3.8) is 0 Å². The molecule has 5 heteroatoms. The van der Waals surface area contributed by atoms with Gasteiger partial charge in [0.15, 0.2) is 0 Å². The molecule has 0 bridgehead atoms. The highest BCUT2D eigenvalue weighted by atomic mass is 19.1. The topological polar surface area (TPSA) is 32.8 Å². The van der Waals surface area contributed by atoms with Crippen molar-refractivity contribution in [2.75, 3.05) is 14.2 Å². The number of hydrazine groups is 1. The molecule has 1 aromatic carbocycles. The van der Waals surface area contributed by atoms with E-state index < -0.39 is 0 Å². The van der Waals surface area contributed by atoms with Crippen molar-refractivity contribution < 1.29 is 13.9 Å². The van der Waals surface area contributed by atoms with Crippen LogP contribution in [0.25, 0.3) is 0 Å². The van der Waals surface area contributed by atoms with Gasteiger partial charge < -0.3 is 4.74 Å². The number of halogens is 1.